The summed E-state index contributed by atoms with van der Waals surface area (Å²) in [5, 5.41) is 3.69. The van der Waals surface area contributed by atoms with Gasteiger partial charge in [-0.3, -0.25) is 9.88 Å². The molecule has 1 aromatic heterocycles. The van der Waals surface area contributed by atoms with Crippen LogP contribution in [0.15, 0.2) is 18.5 Å². The average molecular weight is 265 g/mol. The number of halogens is 1. The van der Waals surface area contributed by atoms with Gasteiger partial charge < -0.3 is 5.32 Å². The molecular formula is C15H24FN3. The first-order chi connectivity index (χ1) is 9.17. The van der Waals surface area contributed by atoms with Gasteiger partial charge in [0, 0.05) is 24.8 Å². The number of nitrogens with one attached hydrogen (secondary N) is 1. The molecule has 0 saturated carbocycles. The molecule has 1 N–H and O–H groups in total. The zero-order chi connectivity index (χ0) is 13.7. The summed E-state index contributed by atoms with van der Waals surface area (Å²) >= 11 is 0. The molecule has 0 atom stereocenters. The summed E-state index contributed by atoms with van der Waals surface area (Å²) in [6.45, 7) is 8.42. The highest BCUT2D eigenvalue weighted by atomic mass is 19.1. The summed E-state index contributed by atoms with van der Waals surface area (Å²) in [5.74, 6) is -0.248. The van der Waals surface area contributed by atoms with Crippen LogP contribution in [0, 0.1) is 5.82 Å². The van der Waals surface area contributed by atoms with E-state index < -0.39 is 0 Å². The summed E-state index contributed by atoms with van der Waals surface area (Å²) in [6.07, 6.45) is 6.42. The Bertz CT molecular complexity index is 404. The first kappa shape index (κ1) is 14.4. The third kappa shape index (κ3) is 3.74. The van der Waals surface area contributed by atoms with Gasteiger partial charge in [0.2, 0.25) is 0 Å². The quantitative estimate of drug-likeness (QED) is 0.907. The van der Waals surface area contributed by atoms with Gasteiger partial charge >= 0.3 is 0 Å². The van der Waals surface area contributed by atoms with Crippen LogP contribution in [0.1, 0.15) is 38.7 Å². The van der Waals surface area contributed by atoms with E-state index in [2.05, 4.69) is 29.0 Å². The molecule has 1 fully saturated rings. The fraction of sp³-hybridized carbons (Fsp3) is 0.667. The second-order valence-corrected chi connectivity index (χ2v) is 5.49. The molecule has 0 radical (unpaired) electrons. The third-order valence-electron chi connectivity index (χ3n) is 4.20. The molecule has 1 aliphatic rings. The van der Waals surface area contributed by atoms with Crippen molar-refractivity contribution >= 4 is 0 Å². The second kappa shape index (κ2) is 6.44. The third-order valence-corrected chi connectivity index (χ3v) is 4.20. The minimum Gasteiger partial charge on any atom is -0.310 e. The van der Waals surface area contributed by atoms with Crippen molar-refractivity contribution in [2.24, 2.45) is 0 Å². The number of aromatic nitrogens is 1. The molecule has 0 spiro atoms. The maximum absolute atomic E-state index is 13.2. The van der Waals surface area contributed by atoms with Crippen LogP contribution in [0.3, 0.4) is 0 Å². The van der Waals surface area contributed by atoms with Crippen molar-refractivity contribution in [3.63, 3.8) is 0 Å². The maximum Gasteiger partial charge on any atom is 0.141 e. The molecular weight excluding hydrogens is 241 g/mol. The summed E-state index contributed by atoms with van der Waals surface area (Å²) in [5.41, 5.74) is 1.17. The van der Waals surface area contributed by atoms with Crippen LogP contribution in [-0.4, -0.2) is 35.1 Å². The fourth-order valence-electron chi connectivity index (χ4n) is 2.88. The molecule has 3 nitrogen and oxygen atoms in total. The molecule has 0 unspecified atom stereocenters. The Morgan fingerprint density at radius 2 is 2.16 bits per heavy atom. The zero-order valence-corrected chi connectivity index (χ0v) is 12.0. The van der Waals surface area contributed by atoms with E-state index in [9.17, 15) is 4.39 Å². The Morgan fingerprint density at radius 1 is 1.37 bits per heavy atom. The standard InChI is InChI=1S/C15H24FN3/c1-3-15(4-2)12-19(7-5-6-18-15)11-13-8-14(16)10-17-9-13/h8-10,18H,3-7,11-12H2,1-2H3. The molecule has 19 heavy (non-hydrogen) atoms. The smallest absolute Gasteiger partial charge is 0.141 e. The molecule has 0 aromatic carbocycles. The Kier molecular flexibility index (Phi) is 4.88. The first-order valence-corrected chi connectivity index (χ1v) is 7.24. The van der Waals surface area contributed by atoms with Gasteiger partial charge in [-0.1, -0.05) is 13.8 Å². The van der Waals surface area contributed by atoms with E-state index in [4.69, 9.17) is 0 Å². The van der Waals surface area contributed by atoms with E-state index in [0.717, 1.165) is 51.0 Å². The largest absolute Gasteiger partial charge is 0.310 e. The predicted molar refractivity (Wildman–Crippen MR) is 75.4 cm³/mol. The van der Waals surface area contributed by atoms with Crippen LogP contribution >= 0.6 is 0 Å². The number of pyridine rings is 1. The molecule has 4 heteroatoms. The van der Waals surface area contributed by atoms with Crippen LogP contribution in [0.4, 0.5) is 4.39 Å². The van der Waals surface area contributed by atoms with E-state index in [1.807, 2.05) is 0 Å². The Labute approximate surface area is 115 Å². The van der Waals surface area contributed by atoms with Gasteiger partial charge in [-0.2, -0.15) is 0 Å². The summed E-state index contributed by atoms with van der Waals surface area (Å²) in [4.78, 5) is 6.35. The molecule has 106 valence electrons. The first-order valence-electron chi connectivity index (χ1n) is 7.24. The van der Waals surface area contributed by atoms with E-state index in [0.29, 0.717) is 0 Å². The molecule has 0 bridgehead atoms. The van der Waals surface area contributed by atoms with Crippen molar-refractivity contribution in [2.75, 3.05) is 19.6 Å². The van der Waals surface area contributed by atoms with E-state index in [-0.39, 0.29) is 11.4 Å². The van der Waals surface area contributed by atoms with Crippen LogP contribution in [-0.2, 0) is 6.54 Å². The van der Waals surface area contributed by atoms with Gasteiger partial charge in [-0.05, 0) is 44.0 Å². The predicted octanol–water partition coefficient (Wildman–Crippen LogP) is 2.57. The van der Waals surface area contributed by atoms with Crippen molar-refractivity contribution in [2.45, 2.75) is 45.2 Å². The molecule has 2 rings (SSSR count). The van der Waals surface area contributed by atoms with Crippen LogP contribution in [0.2, 0.25) is 0 Å². The van der Waals surface area contributed by atoms with Crippen LogP contribution in [0.25, 0.3) is 0 Å². The number of nitrogens with zero attached hydrogens (tertiary/aromatic N) is 2. The van der Waals surface area contributed by atoms with Gasteiger partial charge in [0.1, 0.15) is 5.82 Å². The van der Waals surface area contributed by atoms with E-state index in [1.165, 1.54) is 6.20 Å². The van der Waals surface area contributed by atoms with Crippen molar-refractivity contribution in [3.05, 3.63) is 29.8 Å². The Morgan fingerprint density at radius 3 is 2.84 bits per heavy atom. The average Bonchev–Trinajstić information content (AvgIpc) is 2.62. The van der Waals surface area contributed by atoms with Crippen LogP contribution < -0.4 is 5.32 Å². The van der Waals surface area contributed by atoms with E-state index in [1.54, 1.807) is 12.3 Å². The van der Waals surface area contributed by atoms with Crippen molar-refractivity contribution in [3.8, 4) is 0 Å². The number of hydrogen-bond donors (Lipinski definition) is 1. The van der Waals surface area contributed by atoms with Crippen molar-refractivity contribution in [1.29, 1.82) is 0 Å². The highest BCUT2D eigenvalue weighted by molar-refractivity contribution is 5.10. The second-order valence-electron chi connectivity index (χ2n) is 5.49. The molecule has 0 aliphatic carbocycles. The topological polar surface area (TPSA) is 28.2 Å². The SMILES string of the molecule is CCC1(CC)CN(Cc2cncc(F)c2)CCCN1. The molecule has 1 saturated heterocycles. The summed E-state index contributed by atoms with van der Waals surface area (Å²) in [7, 11) is 0. The lowest BCUT2D eigenvalue weighted by Crippen LogP contribution is -2.50. The Hall–Kier alpha value is -1.00. The van der Waals surface area contributed by atoms with Gasteiger partial charge in [0.05, 0.1) is 6.20 Å². The van der Waals surface area contributed by atoms with Gasteiger partial charge in [-0.25, -0.2) is 4.39 Å². The van der Waals surface area contributed by atoms with Gasteiger partial charge in [0.25, 0.3) is 0 Å². The molecule has 0 amide bonds. The van der Waals surface area contributed by atoms with Gasteiger partial charge in [0.15, 0.2) is 0 Å². The lowest BCUT2D eigenvalue weighted by Gasteiger charge is -2.35. The van der Waals surface area contributed by atoms with Crippen LogP contribution in [0.5, 0.6) is 0 Å². The van der Waals surface area contributed by atoms with Crippen molar-refractivity contribution < 1.29 is 4.39 Å². The fourth-order valence-corrected chi connectivity index (χ4v) is 2.88. The highest BCUT2D eigenvalue weighted by Gasteiger charge is 2.30. The molecule has 1 aliphatic heterocycles. The summed E-state index contributed by atoms with van der Waals surface area (Å²) in [6, 6.07) is 1.59. The van der Waals surface area contributed by atoms with Crippen molar-refractivity contribution in [1.82, 2.24) is 15.2 Å². The summed E-state index contributed by atoms with van der Waals surface area (Å²) < 4.78 is 13.2. The monoisotopic (exact) mass is 265 g/mol. The maximum atomic E-state index is 13.2. The molecule has 1 aromatic rings. The lowest BCUT2D eigenvalue weighted by atomic mass is 9.92. The highest BCUT2D eigenvalue weighted by Crippen LogP contribution is 2.21. The lowest BCUT2D eigenvalue weighted by molar-refractivity contribution is 0.191. The number of rotatable bonds is 4. The zero-order valence-electron chi connectivity index (χ0n) is 12.0. The minimum absolute atomic E-state index is 0.206. The van der Waals surface area contributed by atoms with Gasteiger partial charge in [-0.15, -0.1) is 0 Å². The minimum atomic E-state index is -0.248. The Balaban J connectivity index is 2.06. The number of hydrogen-bond acceptors (Lipinski definition) is 3. The van der Waals surface area contributed by atoms with E-state index >= 15 is 0 Å². The molecule has 2 heterocycles. The normalized spacial score (nSPS) is 20.2.